The highest BCUT2D eigenvalue weighted by molar-refractivity contribution is 5.97. The molecule has 0 spiro atoms. The summed E-state index contributed by atoms with van der Waals surface area (Å²) in [7, 11) is 3.36. The van der Waals surface area contributed by atoms with Crippen LogP contribution in [0.2, 0.25) is 0 Å². The third-order valence-corrected chi connectivity index (χ3v) is 5.21. The number of hydrogen-bond acceptors (Lipinski definition) is 6. The zero-order chi connectivity index (χ0) is 22.3. The lowest BCUT2D eigenvalue weighted by Crippen LogP contribution is -2.34. The average molecular weight is 415 g/mol. The van der Waals surface area contributed by atoms with E-state index in [1.165, 1.54) is 12.7 Å². The minimum Gasteiger partial charge on any atom is -0.466 e. The van der Waals surface area contributed by atoms with Gasteiger partial charge in [0, 0.05) is 30.4 Å². The van der Waals surface area contributed by atoms with E-state index in [0.717, 1.165) is 17.9 Å². The van der Waals surface area contributed by atoms with Gasteiger partial charge in [0.15, 0.2) is 0 Å². The van der Waals surface area contributed by atoms with Crippen molar-refractivity contribution in [1.82, 2.24) is 10.2 Å². The molecule has 0 fully saturated rings. The van der Waals surface area contributed by atoms with E-state index in [-0.39, 0.29) is 18.5 Å². The summed E-state index contributed by atoms with van der Waals surface area (Å²) in [5.41, 5.74) is 3.68. The molecular weight excluding hydrogens is 380 g/mol. The summed E-state index contributed by atoms with van der Waals surface area (Å²) < 4.78 is 10.6. The van der Waals surface area contributed by atoms with Gasteiger partial charge in [0.1, 0.15) is 6.61 Å². The summed E-state index contributed by atoms with van der Waals surface area (Å²) in [6.07, 6.45) is 0.666. The number of carbonyl (C=O) groups is 2. The number of dihydropyridines is 1. The van der Waals surface area contributed by atoms with Gasteiger partial charge < -0.3 is 14.8 Å². The zero-order valence-electron chi connectivity index (χ0n) is 19.0. The monoisotopic (exact) mass is 414 g/mol. The quantitative estimate of drug-likeness (QED) is 0.622. The standard InChI is InChI=1S/C24H34N2O4/c1-16(2)14-20-21(23(27)29-6)17(3)25-18(4)22(20)24(28)30-13-12-26(5)15-19-10-8-7-9-11-19/h7-11,16,20,25H,12-15H2,1-6H3. The Hall–Kier alpha value is -2.60. The predicted molar refractivity (Wildman–Crippen MR) is 117 cm³/mol. The second-order valence-corrected chi connectivity index (χ2v) is 8.24. The van der Waals surface area contributed by atoms with Crippen molar-refractivity contribution in [3.8, 4) is 0 Å². The molecule has 30 heavy (non-hydrogen) atoms. The van der Waals surface area contributed by atoms with Crippen molar-refractivity contribution in [3.05, 3.63) is 58.4 Å². The molecule has 0 saturated carbocycles. The maximum absolute atomic E-state index is 13.0. The molecule has 0 amide bonds. The summed E-state index contributed by atoms with van der Waals surface area (Å²) in [6, 6.07) is 10.2. The first-order chi connectivity index (χ1) is 14.2. The molecule has 1 unspecified atom stereocenters. The number of likely N-dealkylation sites (N-methyl/N-ethyl adjacent to an activating group) is 1. The molecule has 164 valence electrons. The normalized spacial score (nSPS) is 16.7. The van der Waals surface area contributed by atoms with E-state index in [1.54, 1.807) is 0 Å². The molecule has 6 nitrogen and oxygen atoms in total. The van der Waals surface area contributed by atoms with Crippen LogP contribution in [0.5, 0.6) is 0 Å². The van der Waals surface area contributed by atoms with E-state index in [1.807, 2.05) is 39.1 Å². The minimum atomic E-state index is -0.411. The van der Waals surface area contributed by atoms with Crippen molar-refractivity contribution >= 4 is 11.9 Å². The van der Waals surface area contributed by atoms with Crippen LogP contribution < -0.4 is 5.32 Å². The molecule has 0 aliphatic carbocycles. The highest BCUT2D eigenvalue weighted by Crippen LogP contribution is 2.35. The lowest BCUT2D eigenvalue weighted by Gasteiger charge is -2.31. The van der Waals surface area contributed by atoms with Gasteiger partial charge in [0.25, 0.3) is 0 Å². The summed E-state index contributed by atoms with van der Waals surface area (Å²) in [4.78, 5) is 27.5. The second kappa shape index (κ2) is 11.0. The molecule has 1 aromatic rings. The molecule has 1 aliphatic heterocycles. The Morgan fingerprint density at radius 1 is 1.07 bits per heavy atom. The van der Waals surface area contributed by atoms with Gasteiger partial charge >= 0.3 is 11.9 Å². The topological polar surface area (TPSA) is 67.9 Å². The van der Waals surface area contributed by atoms with Gasteiger partial charge in [-0.3, -0.25) is 4.90 Å². The number of nitrogens with one attached hydrogen (secondary N) is 1. The average Bonchev–Trinajstić information content (AvgIpc) is 2.67. The van der Waals surface area contributed by atoms with Crippen LogP contribution in [0.4, 0.5) is 0 Å². The molecule has 1 atom stereocenters. The van der Waals surface area contributed by atoms with Gasteiger partial charge in [-0.25, -0.2) is 9.59 Å². The lowest BCUT2D eigenvalue weighted by atomic mass is 9.80. The summed E-state index contributed by atoms with van der Waals surface area (Å²) in [5, 5.41) is 3.16. The maximum atomic E-state index is 13.0. The van der Waals surface area contributed by atoms with Crippen molar-refractivity contribution < 1.29 is 19.1 Å². The van der Waals surface area contributed by atoms with Gasteiger partial charge in [-0.15, -0.1) is 0 Å². The van der Waals surface area contributed by atoms with Gasteiger partial charge in [0.05, 0.1) is 18.3 Å². The Kier molecular flexibility index (Phi) is 8.66. The van der Waals surface area contributed by atoms with Crippen LogP contribution in [0, 0.1) is 11.8 Å². The largest absolute Gasteiger partial charge is 0.466 e. The summed E-state index contributed by atoms with van der Waals surface area (Å²) in [6.45, 7) is 9.52. The van der Waals surface area contributed by atoms with Crippen LogP contribution in [0.25, 0.3) is 0 Å². The molecule has 0 radical (unpaired) electrons. The van der Waals surface area contributed by atoms with Crippen molar-refractivity contribution in [1.29, 1.82) is 0 Å². The fourth-order valence-corrected chi connectivity index (χ4v) is 3.84. The van der Waals surface area contributed by atoms with Crippen LogP contribution in [0.15, 0.2) is 52.9 Å². The Morgan fingerprint density at radius 3 is 2.23 bits per heavy atom. The van der Waals surface area contributed by atoms with Gasteiger partial charge in [-0.2, -0.15) is 0 Å². The molecule has 1 N–H and O–H groups in total. The first-order valence-electron chi connectivity index (χ1n) is 10.4. The Balaban J connectivity index is 2.06. The molecule has 1 heterocycles. The van der Waals surface area contributed by atoms with Crippen LogP contribution in [-0.4, -0.2) is 44.1 Å². The maximum Gasteiger partial charge on any atom is 0.336 e. The fourth-order valence-electron chi connectivity index (χ4n) is 3.84. The number of allylic oxidation sites excluding steroid dienone is 2. The molecule has 2 rings (SSSR count). The van der Waals surface area contributed by atoms with Crippen molar-refractivity contribution in [2.24, 2.45) is 11.8 Å². The third kappa shape index (κ3) is 6.20. The molecule has 0 aromatic heterocycles. The number of hydrogen-bond donors (Lipinski definition) is 1. The van der Waals surface area contributed by atoms with E-state index >= 15 is 0 Å². The highest BCUT2D eigenvalue weighted by Gasteiger charge is 2.36. The van der Waals surface area contributed by atoms with E-state index in [4.69, 9.17) is 9.47 Å². The first-order valence-corrected chi connectivity index (χ1v) is 10.4. The molecule has 1 aromatic carbocycles. The van der Waals surface area contributed by atoms with Crippen LogP contribution in [-0.2, 0) is 25.6 Å². The Morgan fingerprint density at radius 2 is 1.67 bits per heavy atom. The molecule has 1 aliphatic rings. The van der Waals surface area contributed by atoms with Gasteiger partial charge in [-0.05, 0) is 38.8 Å². The molecular formula is C24H34N2O4. The van der Waals surface area contributed by atoms with Gasteiger partial charge in [-0.1, -0.05) is 44.2 Å². The van der Waals surface area contributed by atoms with Crippen LogP contribution in [0.3, 0.4) is 0 Å². The lowest BCUT2D eigenvalue weighted by molar-refractivity contribution is -0.140. The van der Waals surface area contributed by atoms with Crippen molar-refractivity contribution in [2.45, 2.75) is 40.7 Å². The second-order valence-electron chi connectivity index (χ2n) is 8.24. The number of ether oxygens (including phenoxy) is 2. The predicted octanol–water partition coefficient (Wildman–Crippen LogP) is 3.65. The molecule has 0 bridgehead atoms. The first kappa shape index (κ1) is 23.7. The van der Waals surface area contributed by atoms with E-state index in [9.17, 15) is 9.59 Å². The van der Waals surface area contributed by atoms with E-state index < -0.39 is 5.97 Å². The number of nitrogens with zero attached hydrogens (tertiary/aromatic N) is 1. The molecule has 0 saturated heterocycles. The zero-order valence-corrected chi connectivity index (χ0v) is 19.0. The number of benzene rings is 1. The summed E-state index contributed by atoms with van der Waals surface area (Å²) in [5.74, 6) is -0.833. The van der Waals surface area contributed by atoms with Crippen LogP contribution >= 0.6 is 0 Å². The minimum absolute atomic E-state index is 0.281. The Labute approximate surface area is 179 Å². The number of esters is 2. The smallest absolute Gasteiger partial charge is 0.336 e. The van der Waals surface area contributed by atoms with Crippen molar-refractivity contribution in [3.63, 3.8) is 0 Å². The van der Waals surface area contributed by atoms with Crippen LogP contribution in [0.1, 0.15) is 39.7 Å². The van der Waals surface area contributed by atoms with E-state index in [0.29, 0.717) is 30.0 Å². The Bertz CT molecular complexity index is 812. The number of methoxy groups -OCH3 is 1. The fraction of sp³-hybridized carbons (Fsp3) is 0.500. The van der Waals surface area contributed by atoms with Gasteiger partial charge in [0.2, 0.25) is 0 Å². The SMILES string of the molecule is COC(=O)C1=C(C)NC(C)=C(C(=O)OCCN(C)Cc2ccccc2)C1CC(C)C. The van der Waals surface area contributed by atoms with Crippen molar-refractivity contribution in [2.75, 3.05) is 27.3 Å². The summed E-state index contributed by atoms with van der Waals surface area (Å²) >= 11 is 0. The highest BCUT2D eigenvalue weighted by atomic mass is 16.5. The number of rotatable bonds is 9. The molecule has 6 heteroatoms. The third-order valence-electron chi connectivity index (χ3n) is 5.21. The van der Waals surface area contributed by atoms with E-state index in [2.05, 4.69) is 36.2 Å². The number of carbonyl (C=O) groups excluding carboxylic acids is 2.